The highest BCUT2D eigenvalue weighted by atomic mass is 16.5. The molecule has 1 aliphatic heterocycles. The third kappa shape index (κ3) is 4.48. The molecule has 1 aliphatic rings. The van der Waals surface area contributed by atoms with Crippen molar-refractivity contribution in [1.29, 1.82) is 0 Å². The molecule has 3 aromatic rings. The molecule has 0 fully saturated rings. The van der Waals surface area contributed by atoms with Crippen molar-refractivity contribution < 1.29 is 14.6 Å². The van der Waals surface area contributed by atoms with Crippen molar-refractivity contribution in [2.75, 3.05) is 18.6 Å². The molecule has 4 nitrogen and oxygen atoms in total. The molecule has 0 bridgehead atoms. The second-order valence-electron chi connectivity index (χ2n) is 7.77. The first kappa shape index (κ1) is 20.7. The summed E-state index contributed by atoms with van der Waals surface area (Å²) in [5.41, 5.74) is 7.01. The molecule has 31 heavy (non-hydrogen) atoms. The molecular formula is C27H27NO3. The average Bonchev–Trinajstić information content (AvgIpc) is 2.82. The van der Waals surface area contributed by atoms with Gasteiger partial charge < -0.3 is 14.7 Å². The number of carbonyl (C=O) groups excluding carboxylic acids is 1. The minimum Gasteiger partial charge on any atom is -0.508 e. The van der Waals surface area contributed by atoms with Gasteiger partial charge in [-0.25, -0.2) is 4.79 Å². The number of rotatable bonds is 5. The summed E-state index contributed by atoms with van der Waals surface area (Å²) in [6.07, 6.45) is 5.08. The van der Waals surface area contributed by atoms with Crippen LogP contribution < -0.4 is 4.90 Å². The molecule has 4 rings (SSSR count). The Labute approximate surface area is 183 Å². The summed E-state index contributed by atoms with van der Waals surface area (Å²) in [5.74, 6) is -0.0617. The van der Waals surface area contributed by atoms with Crippen molar-refractivity contribution in [3.8, 4) is 5.75 Å². The van der Waals surface area contributed by atoms with Gasteiger partial charge in [-0.15, -0.1) is 0 Å². The van der Waals surface area contributed by atoms with Gasteiger partial charge in [0.05, 0.1) is 13.2 Å². The molecule has 0 saturated heterocycles. The smallest absolute Gasteiger partial charge is 0.330 e. The highest BCUT2D eigenvalue weighted by molar-refractivity contribution is 5.86. The minimum atomic E-state index is -0.369. The molecule has 0 spiro atoms. The van der Waals surface area contributed by atoms with Crippen LogP contribution in [-0.2, 0) is 22.4 Å². The van der Waals surface area contributed by atoms with Gasteiger partial charge in [-0.05, 0) is 71.0 Å². The van der Waals surface area contributed by atoms with E-state index in [1.54, 1.807) is 12.1 Å². The number of carbonyl (C=O) groups is 1. The Kier molecular flexibility index (Phi) is 6.08. The number of fused-ring (bicyclic) bond motifs is 1. The first-order valence-corrected chi connectivity index (χ1v) is 10.6. The zero-order valence-corrected chi connectivity index (χ0v) is 17.9. The van der Waals surface area contributed by atoms with E-state index in [4.69, 9.17) is 0 Å². The Morgan fingerprint density at radius 1 is 1.10 bits per heavy atom. The first-order chi connectivity index (χ1) is 15.1. The number of phenols is 1. The lowest BCUT2D eigenvalue weighted by Crippen LogP contribution is -2.36. The molecular weight excluding hydrogens is 386 g/mol. The van der Waals surface area contributed by atoms with Crippen molar-refractivity contribution in [3.63, 3.8) is 0 Å². The van der Waals surface area contributed by atoms with Gasteiger partial charge in [0, 0.05) is 18.3 Å². The van der Waals surface area contributed by atoms with E-state index in [-0.39, 0.29) is 12.0 Å². The van der Waals surface area contributed by atoms with E-state index in [0.717, 1.165) is 24.9 Å². The summed E-state index contributed by atoms with van der Waals surface area (Å²) in [7, 11) is 1.37. The molecule has 1 unspecified atom stereocenters. The predicted octanol–water partition coefficient (Wildman–Crippen LogP) is 5.29. The normalized spacial score (nSPS) is 15.7. The molecule has 1 heterocycles. The lowest BCUT2D eigenvalue weighted by molar-refractivity contribution is -0.134. The Morgan fingerprint density at radius 3 is 2.52 bits per heavy atom. The average molecular weight is 414 g/mol. The quantitative estimate of drug-likeness (QED) is 0.456. The number of aromatic hydroxyl groups is 1. The number of hydrogen-bond acceptors (Lipinski definition) is 4. The Hall–Kier alpha value is -3.53. The summed E-state index contributed by atoms with van der Waals surface area (Å²) in [5, 5.41) is 9.99. The van der Waals surface area contributed by atoms with Crippen molar-refractivity contribution in [2.45, 2.75) is 25.8 Å². The lowest BCUT2D eigenvalue weighted by atomic mass is 9.87. The summed E-state index contributed by atoms with van der Waals surface area (Å²) in [4.78, 5) is 13.8. The van der Waals surface area contributed by atoms with Crippen LogP contribution in [0.3, 0.4) is 0 Å². The van der Waals surface area contributed by atoms with Crippen LogP contribution in [0.25, 0.3) is 6.08 Å². The fourth-order valence-electron chi connectivity index (χ4n) is 4.20. The Balaban J connectivity index is 1.72. The van der Waals surface area contributed by atoms with E-state index in [2.05, 4.69) is 53.0 Å². The fourth-order valence-corrected chi connectivity index (χ4v) is 4.20. The number of esters is 1. The van der Waals surface area contributed by atoms with Gasteiger partial charge in [-0.2, -0.15) is 0 Å². The standard InChI is InChI=1S/C27H27NO3/c1-3-19-6-11-23(12-7-19)28-17-16-22-18-24(29)13-14-25(22)27(28)21-9-4-20(5-10-21)8-15-26(30)31-2/h4-15,18,27,29H,3,16-17H2,1-2H3/b15-8+. The summed E-state index contributed by atoms with van der Waals surface area (Å²) >= 11 is 0. The summed E-state index contributed by atoms with van der Waals surface area (Å²) in [6.45, 7) is 3.04. The van der Waals surface area contributed by atoms with E-state index in [1.165, 1.54) is 41.1 Å². The molecule has 0 aliphatic carbocycles. The van der Waals surface area contributed by atoms with Crippen LogP contribution in [-0.4, -0.2) is 24.7 Å². The molecule has 4 heteroatoms. The molecule has 0 saturated carbocycles. The minimum absolute atomic E-state index is 0.0514. The Morgan fingerprint density at radius 2 is 1.84 bits per heavy atom. The monoisotopic (exact) mass is 413 g/mol. The highest BCUT2D eigenvalue weighted by Crippen LogP contribution is 2.39. The van der Waals surface area contributed by atoms with Crippen molar-refractivity contribution in [2.24, 2.45) is 0 Å². The van der Waals surface area contributed by atoms with Crippen LogP contribution in [0, 0.1) is 0 Å². The van der Waals surface area contributed by atoms with Crippen LogP contribution >= 0.6 is 0 Å². The topological polar surface area (TPSA) is 49.8 Å². The third-order valence-electron chi connectivity index (χ3n) is 5.90. The number of ether oxygens (including phenoxy) is 1. The van der Waals surface area contributed by atoms with E-state index < -0.39 is 0 Å². The number of anilines is 1. The molecule has 158 valence electrons. The SMILES string of the molecule is CCc1ccc(N2CCc3cc(O)ccc3C2c2ccc(/C=C/C(=O)OC)cc2)cc1. The van der Waals surface area contributed by atoms with Gasteiger partial charge in [0.1, 0.15) is 5.75 Å². The Bertz CT molecular complexity index is 1080. The number of aryl methyl sites for hydroxylation is 1. The van der Waals surface area contributed by atoms with E-state index in [1.807, 2.05) is 24.3 Å². The van der Waals surface area contributed by atoms with E-state index in [0.29, 0.717) is 5.75 Å². The second-order valence-corrected chi connectivity index (χ2v) is 7.77. The number of hydrogen-bond donors (Lipinski definition) is 1. The maximum absolute atomic E-state index is 11.4. The van der Waals surface area contributed by atoms with Crippen LogP contribution in [0.4, 0.5) is 5.69 Å². The predicted molar refractivity (Wildman–Crippen MR) is 124 cm³/mol. The van der Waals surface area contributed by atoms with Gasteiger partial charge in [-0.3, -0.25) is 0 Å². The third-order valence-corrected chi connectivity index (χ3v) is 5.90. The van der Waals surface area contributed by atoms with Crippen molar-refractivity contribution >= 4 is 17.7 Å². The number of phenolic OH excluding ortho intramolecular Hbond substituents is 1. The van der Waals surface area contributed by atoms with E-state index in [9.17, 15) is 9.90 Å². The van der Waals surface area contributed by atoms with Crippen LogP contribution in [0.1, 0.15) is 40.8 Å². The zero-order valence-electron chi connectivity index (χ0n) is 17.9. The highest BCUT2D eigenvalue weighted by Gasteiger charge is 2.29. The van der Waals surface area contributed by atoms with Gasteiger partial charge in [-0.1, -0.05) is 49.4 Å². The number of nitrogens with zero attached hydrogens (tertiary/aromatic N) is 1. The van der Waals surface area contributed by atoms with E-state index >= 15 is 0 Å². The van der Waals surface area contributed by atoms with Crippen molar-refractivity contribution in [1.82, 2.24) is 0 Å². The summed E-state index contributed by atoms with van der Waals surface area (Å²) in [6, 6.07) is 22.8. The molecule has 3 aromatic carbocycles. The van der Waals surface area contributed by atoms with Crippen LogP contribution in [0.15, 0.2) is 72.8 Å². The van der Waals surface area contributed by atoms with Crippen LogP contribution in [0.2, 0.25) is 0 Å². The molecule has 0 amide bonds. The second kappa shape index (κ2) is 9.09. The number of methoxy groups -OCH3 is 1. The fraction of sp³-hybridized carbons (Fsp3) is 0.222. The maximum atomic E-state index is 11.4. The van der Waals surface area contributed by atoms with Gasteiger partial charge >= 0.3 is 5.97 Å². The lowest BCUT2D eigenvalue weighted by Gasteiger charge is -2.39. The molecule has 1 N–H and O–H groups in total. The molecule has 0 radical (unpaired) electrons. The molecule has 0 aromatic heterocycles. The summed E-state index contributed by atoms with van der Waals surface area (Å²) < 4.78 is 4.67. The first-order valence-electron chi connectivity index (χ1n) is 10.6. The van der Waals surface area contributed by atoms with Gasteiger partial charge in [0.2, 0.25) is 0 Å². The van der Waals surface area contributed by atoms with Crippen molar-refractivity contribution in [3.05, 3.63) is 101 Å². The molecule has 1 atom stereocenters. The van der Waals surface area contributed by atoms with Crippen LogP contribution in [0.5, 0.6) is 5.75 Å². The zero-order chi connectivity index (χ0) is 21.8. The van der Waals surface area contributed by atoms with Gasteiger partial charge in [0.25, 0.3) is 0 Å². The number of benzene rings is 3. The van der Waals surface area contributed by atoms with Gasteiger partial charge in [0.15, 0.2) is 0 Å². The largest absolute Gasteiger partial charge is 0.508 e. The maximum Gasteiger partial charge on any atom is 0.330 e.